The van der Waals surface area contributed by atoms with Gasteiger partial charge < -0.3 is 9.30 Å². The number of ether oxygens (including phenoxy) is 1. The lowest BCUT2D eigenvalue weighted by atomic mass is 10.1. The number of fused-ring (bicyclic) bond motifs is 2. The molecule has 1 fully saturated rings. The van der Waals surface area contributed by atoms with Crippen molar-refractivity contribution in [3.05, 3.63) is 63.2 Å². The fraction of sp³-hybridized carbons (Fsp3) is 0.304. The molecule has 0 saturated carbocycles. The van der Waals surface area contributed by atoms with E-state index in [1.807, 2.05) is 18.2 Å². The SMILES string of the molecule is COc1cc(C(=O)N2CCCN2C(=O)Cn2cnc3c2c(=O)n(C)c(=O)n3C)nc2ccccc12. The molecule has 1 aliphatic heterocycles. The molecule has 1 saturated heterocycles. The predicted octanol–water partition coefficient (Wildman–Crippen LogP) is 0.280. The third-order valence-corrected chi connectivity index (χ3v) is 6.19. The summed E-state index contributed by atoms with van der Waals surface area (Å²) in [5.74, 6) is -0.296. The van der Waals surface area contributed by atoms with Crippen molar-refractivity contribution in [2.45, 2.75) is 13.0 Å². The molecule has 1 aromatic carbocycles. The summed E-state index contributed by atoms with van der Waals surface area (Å²) in [5.41, 5.74) is 0.0494. The minimum absolute atomic E-state index is 0.140. The first-order valence-corrected chi connectivity index (χ1v) is 11.0. The van der Waals surface area contributed by atoms with Crippen LogP contribution in [0.3, 0.4) is 0 Å². The van der Waals surface area contributed by atoms with Crippen LogP contribution >= 0.6 is 0 Å². The summed E-state index contributed by atoms with van der Waals surface area (Å²) in [6.45, 7) is 0.475. The fourth-order valence-corrected chi connectivity index (χ4v) is 4.38. The molecule has 4 aromatic rings. The molecule has 12 nitrogen and oxygen atoms in total. The molecule has 180 valence electrons. The van der Waals surface area contributed by atoms with Gasteiger partial charge in [-0.3, -0.25) is 23.5 Å². The molecule has 12 heteroatoms. The van der Waals surface area contributed by atoms with Gasteiger partial charge in [0.15, 0.2) is 11.2 Å². The number of benzene rings is 1. The molecule has 0 spiro atoms. The second kappa shape index (κ2) is 8.38. The highest BCUT2D eigenvalue weighted by molar-refractivity contribution is 5.98. The van der Waals surface area contributed by atoms with Gasteiger partial charge in [0.2, 0.25) is 0 Å². The van der Waals surface area contributed by atoms with Crippen LogP contribution in [0.1, 0.15) is 16.9 Å². The second-order valence-corrected chi connectivity index (χ2v) is 8.28. The summed E-state index contributed by atoms with van der Waals surface area (Å²) < 4.78 is 9.07. The number of carbonyl (C=O) groups is 2. The highest BCUT2D eigenvalue weighted by Crippen LogP contribution is 2.26. The van der Waals surface area contributed by atoms with Gasteiger partial charge in [0.1, 0.15) is 18.0 Å². The van der Waals surface area contributed by atoms with E-state index in [0.717, 1.165) is 9.95 Å². The van der Waals surface area contributed by atoms with Crippen molar-refractivity contribution in [3.8, 4) is 5.75 Å². The number of hydrogen-bond donors (Lipinski definition) is 0. The summed E-state index contributed by atoms with van der Waals surface area (Å²) in [7, 11) is 4.40. The Kier molecular flexibility index (Phi) is 5.35. The topological polar surface area (TPSA) is 125 Å². The van der Waals surface area contributed by atoms with Crippen LogP contribution in [-0.2, 0) is 25.4 Å². The molecule has 0 aliphatic carbocycles. The van der Waals surface area contributed by atoms with Crippen molar-refractivity contribution >= 4 is 33.9 Å². The standard InChI is InChI=1S/C23H23N7O5/c1-26-20-19(22(33)27(2)23(26)34)28(13-24-20)12-18(31)29-9-6-10-30(29)21(32)16-11-17(35-3)14-7-4-5-8-15(14)25-16/h4-5,7-8,11,13H,6,9-10,12H2,1-3H3. The Hall–Kier alpha value is -4.48. The normalized spacial score (nSPS) is 13.7. The molecule has 5 rings (SSSR count). The number of amides is 2. The number of nitrogens with zero attached hydrogens (tertiary/aromatic N) is 7. The van der Waals surface area contributed by atoms with Crippen molar-refractivity contribution in [3.63, 3.8) is 0 Å². The first-order chi connectivity index (χ1) is 16.8. The quantitative estimate of drug-likeness (QED) is 0.413. The molecule has 0 radical (unpaired) electrons. The lowest BCUT2D eigenvalue weighted by Gasteiger charge is -2.28. The first kappa shape index (κ1) is 22.3. The molecule has 3 aromatic heterocycles. The van der Waals surface area contributed by atoms with E-state index in [4.69, 9.17) is 4.74 Å². The number of rotatable bonds is 4. The van der Waals surface area contributed by atoms with E-state index >= 15 is 0 Å². The minimum atomic E-state index is -0.546. The van der Waals surface area contributed by atoms with E-state index in [9.17, 15) is 19.2 Å². The Morgan fingerprint density at radius 1 is 1.06 bits per heavy atom. The smallest absolute Gasteiger partial charge is 0.332 e. The van der Waals surface area contributed by atoms with Gasteiger partial charge in [0.05, 0.1) is 19.0 Å². The molecular weight excluding hydrogens is 454 g/mol. The average Bonchev–Trinajstić information content (AvgIpc) is 3.53. The molecule has 0 bridgehead atoms. The highest BCUT2D eigenvalue weighted by atomic mass is 16.5. The maximum absolute atomic E-state index is 13.4. The number of carbonyl (C=O) groups excluding carboxylic acids is 2. The van der Waals surface area contributed by atoms with Crippen molar-refractivity contribution in [2.24, 2.45) is 14.1 Å². The third kappa shape index (κ3) is 3.54. The molecule has 35 heavy (non-hydrogen) atoms. The van der Waals surface area contributed by atoms with Crippen LogP contribution in [0.4, 0.5) is 0 Å². The predicted molar refractivity (Wildman–Crippen MR) is 126 cm³/mol. The third-order valence-electron chi connectivity index (χ3n) is 6.19. The second-order valence-electron chi connectivity index (χ2n) is 8.28. The number of para-hydroxylation sites is 1. The summed E-state index contributed by atoms with van der Waals surface area (Å²) in [4.78, 5) is 60.1. The van der Waals surface area contributed by atoms with Gasteiger partial charge in [-0.2, -0.15) is 0 Å². The Morgan fingerprint density at radius 3 is 2.57 bits per heavy atom. The fourth-order valence-electron chi connectivity index (χ4n) is 4.38. The summed E-state index contributed by atoms with van der Waals surface area (Å²) in [5, 5.41) is 3.51. The van der Waals surface area contributed by atoms with Crippen molar-refractivity contribution in [1.82, 2.24) is 33.7 Å². The number of methoxy groups -OCH3 is 1. The molecule has 2 amide bonds. The number of pyridine rings is 1. The van der Waals surface area contributed by atoms with Gasteiger partial charge in [-0.25, -0.2) is 24.8 Å². The zero-order chi connectivity index (χ0) is 24.9. The van der Waals surface area contributed by atoms with Crippen molar-refractivity contribution in [1.29, 1.82) is 0 Å². The average molecular weight is 477 g/mol. The van der Waals surface area contributed by atoms with Crippen molar-refractivity contribution < 1.29 is 14.3 Å². The summed E-state index contributed by atoms with van der Waals surface area (Å²) >= 11 is 0. The Labute approximate surface area is 198 Å². The van der Waals surface area contributed by atoms with Crippen LogP contribution in [0.5, 0.6) is 5.75 Å². The van der Waals surface area contributed by atoms with Crippen LogP contribution in [-0.4, -0.2) is 65.7 Å². The maximum atomic E-state index is 13.4. The minimum Gasteiger partial charge on any atom is -0.496 e. The van der Waals surface area contributed by atoms with Crippen LogP contribution in [0, 0.1) is 0 Å². The highest BCUT2D eigenvalue weighted by Gasteiger charge is 2.33. The van der Waals surface area contributed by atoms with Gasteiger partial charge in [-0.15, -0.1) is 0 Å². The van der Waals surface area contributed by atoms with Gasteiger partial charge in [0.25, 0.3) is 17.4 Å². The molecule has 4 heterocycles. The maximum Gasteiger partial charge on any atom is 0.332 e. The Morgan fingerprint density at radius 2 is 1.80 bits per heavy atom. The summed E-state index contributed by atoms with van der Waals surface area (Å²) in [6.07, 6.45) is 1.95. The molecule has 0 N–H and O–H groups in total. The number of aryl methyl sites for hydroxylation is 1. The molecule has 0 atom stereocenters. The van der Waals surface area contributed by atoms with Crippen LogP contribution in [0.2, 0.25) is 0 Å². The van der Waals surface area contributed by atoms with Crippen LogP contribution < -0.4 is 16.0 Å². The van der Waals surface area contributed by atoms with Gasteiger partial charge in [-0.1, -0.05) is 12.1 Å². The first-order valence-electron chi connectivity index (χ1n) is 11.0. The van der Waals surface area contributed by atoms with E-state index in [0.29, 0.717) is 30.8 Å². The van der Waals surface area contributed by atoms with Crippen LogP contribution in [0.15, 0.2) is 46.2 Å². The van der Waals surface area contributed by atoms with E-state index < -0.39 is 17.2 Å². The Balaban J connectivity index is 1.45. The van der Waals surface area contributed by atoms with Crippen molar-refractivity contribution in [2.75, 3.05) is 20.2 Å². The van der Waals surface area contributed by atoms with Gasteiger partial charge >= 0.3 is 5.69 Å². The number of hydrazine groups is 1. The number of aromatic nitrogens is 5. The van der Waals surface area contributed by atoms with Gasteiger partial charge in [0, 0.05) is 38.6 Å². The zero-order valence-electron chi connectivity index (χ0n) is 19.5. The van der Waals surface area contributed by atoms with Gasteiger partial charge in [-0.05, 0) is 18.6 Å². The van der Waals surface area contributed by atoms with E-state index in [2.05, 4.69) is 9.97 Å². The molecule has 0 unspecified atom stereocenters. The lowest BCUT2D eigenvalue weighted by molar-refractivity contribution is -0.141. The largest absolute Gasteiger partial charge is 0.496 e. The monoisotopic (exact) mass is 477 g/mol. The summed E-state index contributed by atoms with van der Waals surface area (Å²) in [6, 6.07) is 8.90. The number of imidazole rings is 1. The number of hydrogen-bond acceptors (Lipinski definition) is 7. The Bertz CT molecular complexity index is 1620. The van der Waals surface area contributed by atoms with E-state index in [-0.39, 0.29) is 29.3 Å². The molecular formula is C23H23N7O5. The van der Waals surface area contributed by atoms with E-state index in [1.165, 1.54) is 46.7 Å². The lowest BCUT2D eigenvalue weighted by Crippen LogP contribution is -2.46. The molecule has 1 aliphatic rings. The van der Waals surface area contributed by atoms with Crippen LogP contribution in [0.25, 0.3) is 22.1 Å². The van der Waals surface area contributed by atoms with E-state index in [1.54, 1.807) is 12.1 Å². The zero-order valence-corrected chi connectivity index (χ0v) is 19.5.